The van der Waals surface area contributed by atoms with Crippen LogP contribution in [0.15, 0.2) is 0 Å². The number of hydrogen-bond donors (Lipinski definition) is 2. The third kappa shape index (κ3) is 16.7. The van der Waals surface area contributed by atoms with E-state index in [1.807, 2.05) is 0 Å². The normalized spacial score (nSPS) is 15.5. The smallest absolute Gasteiger partial charge is 0.220 e. The summed E-state index contributed by atoms with van der Waals surface area (Å²) in [7, 11) is -4.35. The van der Waals surface area contributed by atoms with Gasteiger partial charge in [0.1, 0.15) is 0 Å². The Bertz CT molecular complexity index is 700. The molecule has 0 aliphatic rings. The van der Waals surface area contributed by atoms with Gasteiger partial charge in [0.25, 0.3) is 0 Å². The van der Waals surface area contributed by atoms with E-state index in [0.29, 0.717) is 6.42 Å². The zero-order valence-corrected chi connectivity index (χ0v) is 32.4. The first-order valence-corrected chi connectivity index (χ1v) is 23.5. The van der Waals surface area contributed by atoms with Crippen molar-refractivity contribution in [1.29, 1.82) is 0 Å². The third-order valence-corrected chi connectivity index (χ3v) is 18.9. The van der Waals surface area contributed by atoms with Gasteiger partial charge in [0.05, 0.1) is 24.9 Å². The molecule has 0 heterocycles. The molecule has 2 N–H and O–H groups in total. The van der Waals surface area contributed by atoms with Gasteiger partial charge in [-0.05, 0) is 49.1 Å². The Kier molecular flexibility index (Phi) is 20.6. The SMILES string of the molecule is CCCCCCCCCCCCCC[C@@H](O[Si](C)(C)C(C)(C)C)[C@@H](O[Si](C)(C)C(C)(C)C)[C@H](CO)NC(=O)CCCC. The van der Waals surface area contributed by atoms with Gasteiger partial charge in [-0.3, -0.25) is 4.79 Å². The Morgan fingerprint density at radius 2 is 1.07 bits per heavy atom. The molecule has 1 amide bonds. The predicted octanol–water partition coefficient (Wildman–Crippen LogP) is 10.5. The van der Waals surface area contributed by atoms with E-state index in [1.165, 1.54) is 70.6 Å². The predicted molar refractivity (Wildman–Crippen MR) is 188 cm³/mol. The zero-order chi connectivity index (χ0) is 32.5. The Hall–Kier alpha value is -0.216. The zero-order valence-electron chi connectivity index (χ0n) is 30.4. The van der Waals surface area contributed by atoms with E-state index in [2.05, 4.69) is 86.9 Å². The van der Waals surface area contributed by atoms with Crippen molar-refractivity contribution in [1.82, 2.24) is 5.32 Å². The molecule has 0 saturated heterocycles. The summed E-state index contributed by atoms with van der Waals surface area (Å²) in [4.78, 5) is 12.9. The molecular formula is C35H75NO4Si2. The van der Waals surface area contributed by atoms with E-state index in [9.17, 15) is 9.90 Å². The van der Waals surface area contributed by atoms with Crippen molar-refractivity contribution in [3.05, 3.63) is 0 Å². The van der Waals surface area contributed by atoms with Crippen molar-refractivity contribution in [3.8, 4) is 0 Å². The van der Waals surface area contributed by atoms with E-state index in [4.69, 9.17) is 8.85 Å². The summed E-state index contributed by atoms with van der Waals surface area (Å²) in [6, 6.07) is -0.476. The van der Waals surface area contributed by atoms with Gasteiger partial charge in [-0.2, -0.15) is 0 Å². The van der Waals surface area contributed by atoms with Crippen molar-refractivity contribution in [2.45, 2.75) is 213 Å². The Balaban J connectivity index is 5.65. The van der Waals surface area contributed by atoms with Crippen LogP contribution >= 0.6 is 0 Å². The lowest BCUT2D eigenvalue weighted by Gasteiger charge is -2.47. The summed E-state index contributed by atoms with van der Waals surface area (Å²) >= 11 is 0. The van der Waals surface area contributed by atoms with Crippen LogP contribution in [-0.4, -0.2) is 52.5 Å². The number of unbranched alkanes of at least 4 members (excludes halogenated alkanes) is 12. The number of carbonyl (C=O) groups is 1. The molecule has 0 aromatic carbocycles. The van der Waals surface area contributed by atoms with Crippen LogP contribution in [0.3, 0.4) is 0 Å². The van der Waals surface area contributed by atoms with E-state index in [1.54, 1.807) is 0 Å². The number of hydrogen-bond acceptors (Lipinski definition) is 4. The molecule has 0 bridgehead atoms. The van der Waals surface area contributed by atoms with Crippen molar-refractivity contribution in [2.75, 3.05) is 6.61 Å². The van der Waals surface area contributed by atoms with Crippen LogP contribution in [0.4, 0.5) is 0 Å². The molecule has 0 fully saturated rings. The van der Waals surface area contributed by atoms with Crippen molar-refractivity contribution < 1.29 is 18.8 Å². The molecule has 0 unspecified atom stereocenters. The monoisotopic (exact) mass is 630 g/mol. The maximum absolute atomic E-state index is 12.9. The van der Waals surface area contributed by atoms with Crippen molar-refractivity contribution in [2.24, 2.45) is 0 Å². The average Bonchev–Trinajstić information content (AvgIpc) is 2.88. The van der Waals surface area contributed by atoms with Crippen LogP contribution in [0, 0.1) is 0 Å². The molecular weight excluding hydrogens is 555 g/mol. The first-order valence-electron chi connectivity index (χ1n) is 17.7. The van der Waals surface area contributed by atoms with Crippen LogP contribution in [0.1, 0.15) is 158 Å². The number of carbonyl (C=O) groups excluding carboxylic acids is 1. The van der Waals surface area contributed by atoms with Crippen LogP contribution in [-0.2, 0) is 13.6 Å². The molecule has 0 aliphatic heterocycles. The number of rotatable bonds is 24. The Morgan fingerprint density at radius 3 is 1.48 bits per heavy atom. The second-order valence-electron chi connectivity index (χ2n) is 15.9. The van der Waals surface area contributed by atoms with Gasteiger partial charge in [0.2, 0.25) is 5.91 Å². The van der Waals surface area contributed by atoms with Gasteiger partial charge in [-0.1, -0.05) is 139 Å². The minimum absolute atomic E-state index is 0.00354. The molecule has 0 rings (SSSR count). The summed E-state index contributed by atoms with van der Waals surface area (Å²) in [5.74, 6) is -0.00354. The molecule has 5 nitrogen and oxygen atoms in total. The van der Waals surface area contributed by atoms with Crippen LogP contribution < -0.4 is 5.32 Å². The highest BCUT2D eigenvalue weighted by atomic mass is 28.4. The van der Waals surface area contributed by atoms with Crippen LogP contribution in [0.25, 0.3) is 0 Å². The van der Waals surface area contributed by atoms with Crippen molar-refractivity contribution >= 4 is 22.5 Å². The number of aliphatic hydroxyl groups excluding tert-OH is 1. The lowest BCUT2D eigenvalue weighted by Crippen LogP contribution is -2.59. The maximum atomic E-state index is 12.9. The van der Waals surface area contributed by atoms with E-state index in [0.717, 1.165) is 25.7 Å². The number of amides is 1. The highest BCUT2D eigenvalue weighted by molar-refractivity contribution is 6.74. The first-order chi connectivity index (χ1) is 19.4. The summed E-state index contributed by atoms with van der Waals surface area (Å²) < 4.78 is 14.2. The standard InChI is InChI=1S/C35H75NO4Si2/c1-13-15-17-18-19-20-21-22-23-24-25-26-27-31(39-41(9,10)34(3,4)5)33(40-42(11,12)35(6,7)8)30(29-37)36-32(38)28-16-14-2/h30-31,33,37H,13-29H2,1-12H3,(H,36,38)/t30-,31+,33-/m0/s1. The molecule has 0 aromatic heterocycles. The van der Waals surface area contributed by atoms with Gasteiger partial charge < -0.3 is 19.3 Å². The maximum Gasteiger partial charge on any atom is 0.220 e. The molecule has 0 aromatic rings. The van der Waals surface area contributed by atoms with Crippen LogP contribution in [0.5, 0.6) is 0 Å². The van der Waals surface area contributed by atoms with Crippen LogP contribution in [0.2, 0.25) is 36.3 Å². The fourth-order valence-electron chi connectivity index (χ4n) is 4.81. The third-order valence-electron chi connectivity index (χ3n) is 9.89. The number of nitrogens with one attached hydrogen (secondary N) is 1. The Labute approximate surface area is 265 Å². The van der Waals surface area contributed by atoms with Gasteiger partial charge in [-0.25, -0.2) is 0 Å². The van der Waals surface area contributed by atoms with Crippen molar-refractivity contribution in [3.63, 3.8) is 0 Å². The van der Waals surface area contributed by atoms with Gasteiger partial charge in [0.15, 0.2) is 16.6 Å². The first kappa shape index (κ1) is 41.8. The largest absolute Gasteiger partial charge is 0.411 e. The average molecular weight is 630 g/mol. The second-order valence-corrected chi connectivity index (χ2v) is 25.4. The number of aliphatic hydroxyl groups is 1. The highest BCUT2D eigenvalue weighted by Gasteiger charge is 2.46. The molecule has 3 atom stereocenters. The molecule has 0 spiro atoms. The second kappa shape index (κ2) is 20.7. The molecule has 0 aliphatic carbocycles. The minimum Gasteiger partial charge on any atom is -0.411 e. The Morgan fingerprint density at radius 1 is 0.667 bits per heavy atom. The fourth-order valence-corrected chi connectivity index (χ4v) is 7.53. The summed E-state index contributed by atoms with van der Waals surface area (Å²) in [6.45, 7) is 26.9. The quantitative estimate of drug-likeness (QED) is 0.0823. The van der Waals surface area contributed by atoms with E-state index in [-0.39, 0.29) is 34.8 Å². The van der Waals surface area contributed by atoms with E-state index < -0.39 is 22.7 Å². The summed E-state index contributed by atoms with van der Waals surface area (Å²) in [5.41, 5.74) is 0. The lowest BCUT2D eigenvalue weighted by atomic mass is 9.99. The molecule has 0 radical (unpaired) electrons. The minimum atomic E-state index is -2.22. The molecule has 0 saturated carbocycles. The van der Waals surface area contributed by atoms with Gasteiger partial charge >= 0.3 is 0 Å². The topological polar surface area (TPSA) is 67.8 Å². The van der Waals surface area contributed by atoms with E-state index >= 15 is 0 Å². The molecule has 252 valence electrons. The lowest BCUT2D eigenvalue weighted by molar-refractivity contribution is -0.124. The highest BCUT2D eigenvalue weighted by Crippen LogP contribution is 2.41. The summed E-state index contributed by atoms with van der Waals surface area (Å²) in [6.07, 6.45) is 18.5. The molecule has 7 heteroatoms. The molecule has 42 heavy (non-hydrogen) atoms. The summed E-state index contributed by atoms with van der Waals surface area (Å²) in [5, 5.41) is 13.9. The fraction of sp³-hybridized carbons (Fsp3) is 0.971. The van der Waals surface area contributed by atoms with Gasteiger partial charge in [0, 0.05) is 6.42 Å². The van der Waals surface area contributed by atoms with Gasteiger partial charge in [-0.15, -0.1) is 0 Å².